The average Bonchev–Trinajstić information content (AvgIpc) is 2.42. The van der Waals surface area contributed by atoms with Crippen molar-refractivity contribution in [2.24, 2.45) is 0 Å². The summed E-state index contributed by atoms with van der Waals surface area (Å²) in [5, 5.41) is 1.54. The van der Waals surface area contributed by atoms with Gasteiger partial charge in [-0.2, -0.15) is 0 Å². The van der Waals surface area contributed by atoms with Crippen molar-refractivity contribution < 1.29 is 0 Å². The number of nitrogens with zero attached hydrogens (tertiary/aromatic N) is 2. The normalized spacial score (nSPS) is 10.6. The van der Waals surface area contributed by atoms with Gasteiger partial charge in [0.25, 0.3) is 0 Å². The molecule has 0 spiro atoms. The Morgan fingerprint density at radius 1 is 0.714 bits per heavy atom. The summed E-state index contributed by atoms with van der Waals surface area (Å²) in [4.78, 5) is 4.07. The molecule has 0 fully saturated rings. The molecular weight excluding hydrogens is 303 g/mol. The third-order valence-electron chi connectivity index (χ3n) is 3.49. The van der Waals surface area contributed by atoms with Crippen molar-refractivity contribution >= 4 is 34.6 Å². The molecule has 2 aromatic rings. The molecule has 0 aromatic heterocycles. The van der Waals surface area contributed by atoms with Crippen molar-refractivity contribution in [2.75, 3.05) is 38.0 Å². The van der Waals surface area contributed by atoms with Crippen molar-refractivity contribution in [3.63, 3.8) is 0 Å². The van der Waals surface area contributed by atoms with Gasteiger partial charge in [0, 0.05) is 56.0 Å². The van der Waals surface area contributed by atoms with E-state index in [2.05, 4.69) is 24.3 Å². The van der Waals surface area contributed by atoms with E-state index in [0.29, 0.717) is 0 Å². The molecule has 112 valence electrons. The highest BCUT2D eigenvalue weighted by molar-refractivity contribution is 6.32. The van der Waals surface area contributed by atoms with Crippen LogP contribution >= 0.6 is 23.2 Å². The Bertz CT molecular complexity index is 581. The van der Waals surface area contributed by atoms with Gasteiger partial charge in [0.1, 0.15) is 0 Å². The van der Waals surface area contributed by atoms with Crippen molar-refractivity contribution in [2.45, 2.75) is 6.42 Å². The van der Waals surface area contributed by atoms with E-state index in [1.807, 2.05) is 50.1 Å². The van der Waals surface area contributed by atoms with Gasteiger partial charge in [-0.25, -0.2) is 0 Å². The van der Waals surface area contributed by atoms with Crippen LogP contribution in [-0.4, -0.2) is 28.2 Å². The van der Waals surface area contributed by atoms with Crippen LogP contribution < -0.4 is 9.80 Å². The fourth-order valence-corrected chi connectivity index (χ4v) is 2.60. The molecule has 0 saturated heterocycles. The van der Waals surface area contributed by atoms with Gasteiger partial charge in [-0.05, 0) is 35.4 Å². The fourth-order valence-electron chi connectivity index (χ4n) is 2.12. The lowest BCUT2D eigenvalue weighted by Crippen LogP contribution is -2.09. The van der Waals surface area contributed by atoms with E-state index in [1.54, 1.807) is 0 Å². The fraction of sp³-hybridized carbons (Fsp3) is 0.294. The van der Waals surface area contributed by atoms with Gasteiger partial charge in [0.15, 0.2) is 0 Å². The van der Waals surface area contributed by atoms with Crippen molar-refractivity contribution in [1.82, 2.24) is 0 Å². The zero-order valence-corrected chi connectivity index (χ0v) is 14.3. The van der Waals surface area contributed by atoms with Gasteiger partial charge in [-0.1, -0.05) is 35.3 Å². The van der Waals surface area contributed by atoms with Crippen LogP contribution in [0.25, 0.3) is 0 Å². The first-order valence-electron chi connectivity index (χ1n) is 6.80. The van der Waals surface area contributed by atoms with Crippen LogP contribution in [-0.2, 0) is 6.42 Å². The Balaban J connectivity index is 2.26. The number of benzene rings is 2. The molecule has 0 aliphatic heterocycles. The van der Waals surface area contributed by atoms with Crippen molar-refractivity contribution in [1.29, 1.82) is 0 Å². The van der Waals surface area contributed by atoms with Gasteiger partial charge < -0.3 is 9.80 Å². The Hall–Kier alpha value is -1.38. The molecule has 0 atom stereocenters. The van der Waals surface area contributed by atoms with Crippen LogP contribution in [0.1, 0.15) is 11.1 Å². The van der Waals surface area contributed by atoms with Gasteiger partial charge >= 0.3 is 0 Å². The first-order chi connectivity index (χ1) is 9.88. The minimum Gasteiger partial charge on any atom is -0.378 e. The van der Waals surface area contributed by atoms with E-state index in [0.717, 1.165) is 39.0 Å². The van der Waals surface area contributed by atoms with E-state index < -0.39 is 0 Å². The third-order valence-corrected chi connectivity index (χ3v) is 4.19. The highest BCUT2D eigenvalue weighted by Crippen LogP contribution is 2.29. The van der Waals surface area contributed by atoms with E-state index in [9.17, 15) is 0 Å². The lowest BCUT2D eigenvalue weighted by molar-refractivity contribution is 1.11. The molecule has 0 heterocycles. The maximum Gasteiger partial charge on any atom is 0.0461 e. The minimum absolute atomic E-state index is 0.735. The number of rotatable bonds is 4. The van der Waals surface area contributed by atoms with Gasteiger partial charge in [-0.3, -0.25) is 0 Å². The number of halogens is 2. The second kappa shape index (κ2) is 6.59. The molecule has 0 bridgehead atoms. The van der Waals surface area contributed by atoms with E-state index >= 15 is 0 Å². The SMILES string of the molecule is CN(C)c1ccc(Cc2ccc(N(C)C)cc2Cl)c(Cl)c1. The molecule has 0 unspecified atom stereocenters. The van der Waals surface area contributed by atoms with Crippen LogP contribution in [0.4, 0.5) is 11.4 Å². The molecule has 2 aromatic carbocycles. The standard InChI is InChI=1S/C17H20Cl2N2/c1-20(2)14-7-5-12(16(18)10-14)9-13-6-8-15(21(3)4)11-17(13)19/h5-8,10-11H,9H2,1-4H3. The molecule has 2 nitrogen and oxygen atoms in total. The Labute approximate surface area is 136 Å². The first kappa shape index (κ1) is 16.0. The first-order valence-corrected chi connectivity index (χ1v) is 7.55. The summed E-state index contributed by atoms with van der Waals surface area (Å²) < 4.78 is 0. The molecule has 21 heavy (non-hydrogen) atoms. The summed E-state index contributed by atoms with van der Waals surface area (Å²) in [5.41, 5.74) is 4.36. The zero-order chi connectivity index (χ0) is 15.6. The molecule has 0 radical (unpaired) electrons. The number of hydrogen-bond acceptors (Lipinski definition) is 2. The Kier molecular flexibility index (Phi) is 5.02. The molecule has 0 aliphatic rings. The van der Waals surface area contributed by atoms with Crippen molar-refractivity contribution in [3.05, 3.63) is 57.6 Å². The maximum atomic E-state index is 6.38. The maximum absolute atomic E-state index is 6.38. The monoisotopic (exact) mass is 322 g/mol. The molecular formula is C17H20Cl2N2. The van der Waals surface area contributed by atoms with Crippen LogP contribution in [0.3, 0.4) is 0 Å². The predicted molar refractivity (Wildman–Crippen MR) is 94.4 cm³/mol. The number of hydrogen-bond donors (Lipinski definition) is 0. The second-order valence-corrected chi connectivity index (χ2v) is 6.33. The topological polar surface area (TPSA) is 6.48 Å². The lowest BCUT2D eigenvalue weighted by Gasteiger charge is -2.16. The predicted octanol–water partition coefficient (Wildman–Crippen LogP) is 4.72. The van der Waals surface area contributed by atoms with Crippen LogP contribution in [0.2, 0.25) is 10.0 Å². The highest BCUT2D eigenvalue weighted by Gasteiger charge is 2.08. The smallest absolute Gasteiger partial charge is 0.0461 e. The molecule has 0 amide bonds. The Morgan fingerprint density at radius 2 is 1.10 bits per heavy atom. The summed E-state index contributed by atoms with van der Waals surface area (Å²) in [6, 6.07) is 12.2. The second-order valence-electron chi connectivity index (χ2n) is 5.52. The van der Waals surface area contributed by atoms with Crippen molar-refractivity contribution in [3.8, 4) is 0 Å². The van der Waals surface area contributed by atoms with E-state index in [1.165, 1.54) is 0 Å². The van der Waals surface area contributed by atoms with Gasteiger partial charge in [0.05, 0.1) is 0 Å². The molecule has 2 rings (SSSR count). The van der Waals surface area contributed by atoms with Gasteiger partial charge in [-0.15, -0.1) is 0 Å². The van der Waals surface area contributed by atoms with E-state index in [-0.39, 0.29) is 0 Å². The number of anilines is 2. The summed E-state index contributed by atoms with van der Waals surface area (Å²) in [6.45, 7) is 0. The van der Waals surface area contributed by atoms with Crippen LogP contribution in [0.15, 0.2) is 36.4 Å². The summed E-state index contributed by atoms with van der Waals surface area (Å²) in [5.74, 6) is 0. The van der Waals surface area contributed by atoms with Crippen LogP contribution in [0.5, 0.6) is 0 Å². The summed E-state index contributed by atoms with van der Waals surface area (Å²) >= 11 is 12.8. The molecule has 0 saturated carbocycles. The average molecular weight is 323 g/mol. The summed E-state index contributed by atoms with van der Waals surface area (Å²) in [6.07, 6.45) is 0.735. The van der Waals surface area contributed by atoms with Crippen LogP contribution in [0, 0.1) is 0 Å². The molecule has 0 aliphatic carbocycles. The van der Waals surface area contributed by atoms with Gasteiger partial charge in [0.2, 0.25) is 0 Å². The minimum atomic E-state index is 0.735. The summed E-state index contributed by atoms with van der Waals surface area (Å²) in [7, 11) is 8.01. The third kappa shape index (κ3) is 3.84. The lowest BCUT2D eigenvalue weighted by atomic mass is 10.0. The quantitative estimate of drug-likeness (QED) is 0.803. The highest BCUT2D eigenvalue weighted by atomic mass is 35.5. The largest absolute Gasteiger partial charge is 0.378 e. The van der Waals surface area contributed by atoms with E-state index in [4.69, 9.17) is 23.2 Å². The molecule has 0 N–H and O–H groups in total. The molecule has 4 heteroatoms. The Morgan fingerprint density at radius 3 is 1.38 bits per heavy atom. The zero-order valence-electron chi connectivity index (χ0n) is 12.8.